The summed E-state index contributed by atoms with van der Waals surface area (Å²) in [5.74, 6) is -0.700. The minimum absolute atomic E-state index is 0.247. The number of methoxy groups -OCH3 is 1. The molecule has 98 valence electrons. The molecular weight excluding hydrogens is 230 g/mol. The Morgan fingerprint density at radius 1 is 1.17 bits per heavy atom. The number of carbonyl (C=O) groups excluding carboxylic acids is 2. The van der Waals surface area contributed by atoms with Crippen LogP contribution in [0.15, 0.2) is 12.1 Å². The van der Waals surface area contributed by atoms with Crippen LogP contribution in [0.1, 0.15) is 34.0 Å². The van der Waals surface area contributed by atoms with E-state index in [0.29, 0.717) is 5.56 Å². The smallest absolute Gasteiger partial charge is 0.328 e. The van der Waals surface area contributed by atoms with Crippen LogP contribution in [0.2, 0.25) is 0 Å². The molecule has 0 aliphatic rings. The van der Waals surface area contributed by atoms with Crippen LogP contribution in [0.25, 0.3) is 0 Å². The molecule has 1 atom stereocenters. The first kappa shape index (κ1) is 14.2. The van der Waals surface area contributed by atoms with Gasteiger partial charge in [0, 0.05) is 5.56 Å². The van der Waals surface area contributed by atoms with E-state index in [1.165, 1.54) is 7.11 Å². The van der Waals surface area contributed by atoms with Crippen molar-refractivity contribution in [1.82, 2.24) is 5.32 Å². The molecule has 0 fully saturated rings. The summed E-state index contributed by atoms with van der Waals surface area (Å²) in [6.07, 6.45) is 0. The van der Waals surface area contributed by atoms with Crippen LogP contribution in [0.3, 0.4) is 0 Å². The van der Waals surface area contributed by atoms with Gasteiger partial charge in [-0.2, -0.15) is 0 Å². The Bertz CT molecular complexity index is 457. The van der Waals surface area contributed by atoms with E-state index in [2.05, 4.69) is 10.1 Å². The predicted molar refractivity (Wildman–Crippen MR) is 69.6 cm³/mol. The molecule has 0 radical (unpaired) electrons. The number of amides is 1. The van der Waals surface area contributed by atoms with Gasteiger partial charge in [0.15, 0.2) is 0 Å². The van der Waals surface area contributed by atoms with E-state index in [-0.39, 0.29) is 5.91 Å². The predicted octanol–water partition coefficient (Wildman–Crippen LogP) is 1.90. The van der Waals surface area contributed by atoms with Crippen molar-refractivity contribution in [3.8, 4) is 0 Å². The van der Waals surface area contributed by atoms with E-state index in [1.54, 1.807) is 6.92 Å². The fraction of sp³-hybridized carbons (Fsp3) is 0.429. The summed E-state index contributed by atoms with van der Waals surface area (Å²) < 4.78 is 4.57. The number of benzene rings is 1. The second-order valence-electron chi connectivity index (χ2n) is 4.49. The Labute approximate surface area is 107 Å². The lowest BCUT2D eigenvalue weighted by atomic mass is 9.99. The molecular formula is C14H19NO3. The van der Waals surface area contributed by atoms with Gasteiger partial charge in [-0.15, -0.1) is 0 Å². The quantitative estimate of drug-likeness (QED) is 0.832. The van der Waals surface area contributed by atoms with E-state index < -0.39 is 12.0 Å². The highest BCUT2D eigenvalue weighted by Crippen LogP contribution is 2.16. The van der Waals surface area contributed by atoms with Crippen molar-refractivity contribution in [2.75, 3.05) is 7.11 Å². The van der Waals surface area contributed by atoms with Crippen LogP contribution >= 0.6 is 0 Å². The third kappa shape index (κ3) is 3.09. The molecule has 0 heterocycles. The third-order valence-corrected chi connectivity index (χ3v) is 2.81. The SMILES string of the molecule is COC(=O)C(C)NC(=O)c1c(C)cc(C)cc1C. The molecule has 0 bridgehead atoms. The van der Waals surface area contributed by atoms with Gasteiger partial charge in [0.25, 0.3) is 5.91 Å². The van der Waals surface area contributed by atoms with Crippen molar-refractivity contribution in [2.24, 2.45) is 0 Å². The number of hydrogen-bond acceptors (Lipinski definition) is 3. The van der Waals surface area contributed by atoms with Gasteiger partial charge in [-0.05, 0) is 38.8 Å². The number of ether oxygens (including phenoxy) is 1. The van der Waals surface area contributed by atoms with Crippen LogP contribution in [0.4, 0.5) is 0 Å². The molecule has 4 heteroatoms. The number of carbonyl (C=O) groups is 2. The molecule has 1 aromatic rings. The summed E-state index contributed by atoms with van der Waals surface area (Å²) >= 11 is 0. The molecule has 0 aromatic heterocycles. The molecule has 1 unspecified atom stereocenters. The number of esters is 1. The molecule has 0 saturated carbocycles. The van der Waals surface area contributed by atoms with Crippen LogP contribution in [0, 0.1) is 20.8 Å². The maximum Gasteiger partial charge on any atom is 0.328 e. The largest absolute Gasteiger partial charge is 0.467 e. The monoisotopic (exact) mass is 249 g/mol. The van der Waals surface area contributed by atoms with Crippen molar-refractivity contribution in [2.45, 2.75) is 33.7 Å². The fourth-order valence-corrected chi connectivity index (χ4v) is 2.04. The lowest BCUT2D eigenvalue weighted by molar-refractivity contribution is -0.142. The highest BCUT2D eigenvalue weighted by Gasteiger charge is 2.19. The summed E-state index contributed by atoms with van der Waals surface area (Å²) in [7, 11) is 1.30. The molecule has 0 aliphatic heterocycles. The normalized spacial score (nSPS) is 11.8. The van der Waals surface area contributed by atoms with Gasteiger partial charge < -0.3 is 10.1 Å². The topological polar surface area (TPSA) is 55.4 Å². The summed E-state index contributed by atoms with van der Waals surface area (Å²) in [5.41, 5.74) is 3.54. The number of hydrogen-bond donors (Lipinski definition) is 1. The van der Waals surface area contributed by atoms with Gasteiger partial charge in [0.1, 0.15) is 6.04 Å². The number of aryl methyl sites for hydroxylation is 3. The number of rotatable bonds is 3. The first-order valence-electron chi connectivity index (χ1n) is 5.83. The standard InChI is InChI=1S/C14H19NO3/c1-8-6-9(2)12(10(3)7-8)13(16)15-11(4)14(17)18-5/h6-7,11H,1-5H3,(H,15,16). The Hall–Kier alpha value is -1.84. The van der Waals surface area contributed by atoms with E-state index in [0.717, 1.165) is 16.7 Å². The van der Waals surface area contributed by atoms with Crippen molar-refractivity contribution < 1.29 is 14.3 Å². The molecule has 0 aliphatic carbocycles. The highest BCUT2D eigenvalue weighted by molar-refractivity contribution is 5.99. The van der Waals surface area contributed by atoms with Gasteiger partial charge in [0.2, 0.25) is 0 Å². The Morgan fingerprint density at radius 3 is 2.11 bits per heavy atom. The molecule has 0 saturated heterocycles. The summed E-state index contributed by atoms with van der Waals surface area (Å²) in [5, 5.41) is 2.63. The van der Waals surface area contributed by atoms with E-state index >= 15 is 0 Å². The zero-order chi connectivity index (χ0) is 13.9. The van der Waals surface area contributed by atoms with Gasteiger partial charge in [0.05, 0.1) is 7.11 Å². The second kappa shape index (κ2) is 5.67. The van der Waals surface area contributed by atoms with Crippen LogP contribution in [-0.4, -0.2) is 25.0 Å². The Morgan fingerprint density at radius 2 is 1.67 bits per heavy atom. The van der Waals surface area contributed by atoms with Crippen LogP contribution in [0.5, 0.6) is 0 Å². The van der Waals surface area contributed by atoms with Crippen LogP contribution < -0.4 is 5.32 Å². The molecule has 1 amide bonds. The van der Waals surface area contributed by atoms with Crippen molar-refractivity contribution in [1.29, 1.82) is 0 Å². The maximum absolute atomic E-state index is 12.1. The summed E-state index contributed by atoms with van der Waals surface area (Å²) in [6.45, 7) is 7.36. The van der Waals surface area contributed by atoms with E-state index in [4.69, 9.17) is 0 Å². The average molecular weight is 249 g/mol. The molecule has 1 aromatic carbocycles. The first-order chi connectivity index (χ1) is 8.36. The Balaban J connectivity index is 2.95. The lowest BCUT2D eigenvalue weighted by Gasteiger charge is -2.15. The second-order valence-corrected chi connectivity index (χ2v) is 4.49. The van der Waals surface area contributed by atoms with Gasteiger partial charge in [-0.25, -0.2) is 4.79 Å². The summed E-state index contributed by atoms with van der Waals surface area (Å²) in [6, 6.07) is 3.25. The lowest BCUT2D eigenvalue weighted by Crippen LogP contribution is -2.39. The molecule has 18 heavy (non-hydrogen) atoms. The van der Waals surface area contributed by atoms with Gasteiger partial charge in [-0.1, -0.05) is 17.7 Å². The third-order valence-electron chi connectivity index (χ3n) is 2.81. The molecule has 1 rings (SSSR count). The van der Waals surface area contributed by atoms with E-state index in [9.17, 15) is 9.59 Å². The molecule has 4 nitrogen and oxygen atoms in total. The molecule has 0 spiro atoms. The van der Waals surface area contributed by atoms with Crippen LogP contribution in [-0.2, 0) is 9.53 Å². The average Bonchev–Trinajstić information content (AvgIpc) is 2.26. The minimum atomic E-state index is -0.650. The number of nitrogens with one attached hydrogen (secondary N) is 1. The first-order valence-corrected chi connectivity index (χ1v) is 5.83. The van der Waals surface area contributed by atoms with Gasteiger partial charge in [-0.3, -0.25) is 4.79 Å². The van der Waals surface area contributed by atoms with Crippen molar-refractivity contribution >= 4 is 11.9 Å². The highest BCUT2D eigenvalue weighted by atomic mass is 16.5. The zero-order valence-corrected chi connectivity index (χ0v) is 11.5. The van der Waals surface area contributed by atoms with Crippen molar-refractivity contribution in [3.05, 3.63) is 34.4 Å². The van der Waals surface area contributed by atoms with Crippen molar-refractivity contribution in [3.63, 3.8) is 0 Å². The zero-order valence-electron chi connectivity index (χ0n) is 11.5. The van der Waals surface area contributed by atoms with E-state index in [1.807, 2.05) is 32.9 Å². The van der Waals surface area contributed by atoms with Gasteiger partial charge >= 0.3 is 5.97 Å². The minimum Gasteiger partial charge on any atom is -0.467 e. The maximum atomic E-state index is 12.1. The Kier molecular flexibility index (Phi) is 4.48. The summed E-state index contributed by atoms with van der Waals surface area (Å²) in [4.78, 5) is 23.4. The molecule has 1 N–H and O–H groups in total. The fourth-order valence-electron chi connectivity index (χ4n) is 2.04.